The first kappa shape index (κ1) is 14.4. The maximum absolute atomic E-state index is 13.4. The molecular weight excluding hydrogens is 288 g/mol. The molecule has 2 aromatic carbocycles. The molecule has 0 spiro atoms. The molecule has 0 atom stereocenters. The van der Waals surface area contributed by atoms with Gasteiger partial charge in [0, 0.05) is 12.1 Å². The number of sulfonamides is 1. The second-order valence-corrected chi connectivity index (χ2v) is 5.82. The molecule has 4 nitrogen and oxygen atoms in total. The Kier molecular flexibility index (Phi) is 4.01. The lowest BCUT2D eigenvalue weighted by molar-refractivity contribution is 0.473. The third-order valence-electron chi connectivity index (χ3n) is 2.59. The van der Waals surface area contributed by atoms with Gasteiger partial charge in [-0.3, -0.25) is 0 Å². The smallest absolute Gasteiger partial charge is 0.241 e. The van der Waals surface area contributed by atoms with Crippen molar-refractivity contribution >= 4 is 10.0 Å². The molecule has 7 heteroatoms. The number of rotatable bonds is 4. The van der Waals surface area contributed by atoms with Gasteiger partial charge in [0.1, 0.15) is 17.4 Å². The van der Waals surface area contributed by atoms with Crippen LogP contribution in [0.15, 0.2) is 47.4 Å². The molecule has 0 aliphatic rings. The second-order valence-electron chi connectivity index (χ2n) is 4.06. The van der Waals surface area contributed by atoms with Crippen LogP contribution in [0.25, 0.3) is 0 Å². The van der Waals surface area contributed by atoms with Gasteiger partial charge in [-0.15, -0.1) is 0 Å². The summed E-state index contributed by atoms with van der Waals surface area (Å²) in [5.74, 6) is -1.56. The van der Waals surface area contributed by atoms with Crippen LogP contribution in [0.4, 0.5) is 8.78 Å². The van der Waals surface area contributed by atoms with Crippen LogP contribution in [-0.4, -0.2) is 13.5 Å². The topological polar surface area (TPSA) is 66.4 Å². The number of halogens is 2. The van der Waals surface area contributed by atoms with E-state index in [0.29, 0.717) is 0 Å². The third kappa shape index (κ3) is 3.31. The van der Waals surface area contributed by atoms with Crippen LogP contribution in [0.5, 0.6) is 5.75 Å². The van der Waals surface area contributed by atoms with Gasteiger partial charge in [-0.25, -0.2) is 21.9 Å². The fraction of sp³-hybridized carbons (Fsp3) is 0.0769. The zero-order valence-corrected chi connectivity index (χ0v) is 11.0. The number of nitrogens with one attached hydrogen (secondary N) is 1. The van der Waals surface area contributed by atoms with E-state index >= 15 is 0 Å². The van der Waals surface area contributed by atoms with E-state index in [2.05, 4.69) is 4.72 Å². The molecule has 0 bridgehead atoms. The standard InChI is InChI=1S/C13H11F2NO3S/c14-10-4-5-13(15)9(6-10)8-16-20(18,19)12-3-1-2-11(17)7-12/h1-7,16-17H,8H2. The first-order valence-electron chi connectivity index (χ1n) is 5.61. The number of hydrogen-bond acceptors (Lipinski definition) is 3. The van der Waals surface area contributed by atoms with Crippen LogP contribution in [0.1, 0.15) is 5.56 Å². The summed E-state index contributed by atoms with van der Waals surface area (Å²) in [7, 11) is -3.91. The minimum Gasteiger partial charge on any atom is -0.508 e. The van der Waals surface area contributed by atoms with Crippen molar-refractivity contribution in [2.75, 3.05) is 0 Å². The highest BCUT2D eigenvalue weighted by Gasteiger charge is 2.15. The summed E-state index contributed by atoms with van der Waals surface area (Å²) in [5.41, 5.74) is -0.103. The second kappa shape index (κ2) is 5.56. The summed E-state index contributed by atoms with van der Waals surface area (Å²) in [6.07, 6.45) is 0. The number of phenols is 1. The molecule has 0 heterocycles. The molecule has 106 valence electrons. The van der Waals surface area contributed by atoms with E-state index in [9.17, 15) is 22.3 Å². The van der Waals surface area contributed by atoms with Gasteiger partial charge in [0.2, 0.25) is 10.0 Å². The van der Waals surface area contributed by atoms with Crippen LogP contribution >= 0.6 is 0 Å². The van der Waals surface area contributed by atoms with Gasteiger partial charge in [0.15, 0.2) is 0 Å². The van der Waals surface area contributed by atoms with Gasteiger partial charge in [0.05, 0.1) is 4.90 Å². The van der Waals surface area contributed by atoms with Crippen LogP contribution in [0.3, 0.4) is 0 Å². The van der Waals surface area contributed by atoms with E-state index in [1.807, 2.05) is 0 Å². The Morgan fingerprint density at radius 1 is 1.10 bits per heavy atom. The average Bonchev–Trinajstić information content (AvgIpc) is 2.40. The predicted molar refractivity (Wildman–Crippen MR) is 68.5 cm³/mol. The van der Waals surface area contributed by atoms with E-state index in [1.54, 1.807) is 0 Å². The van der Waals surface area contributed by atoms with Gasteiger partial charge < -0.3 is 5.11 Å². The molecule has 0 aliphatic heterocycles. The molecule has 0 unspecified atom stereocenters. The van der Waals surface area contributed by atoms with Crippen molar-refractivity contribution < 1.29 is 22.3 Å². The molecular formula is C13H11F2NO3S. The fourth-order valence-corrected chi connectivity index (χ4v) is 2.63. The molecule has 0 aromatic heterocycles. The third-order valence-corrected chi connectivity index (χ3v) is 3.99. The summed E-state index contributed by atoms with van der Waals surface area (Å²) in [6, 6.07) is 7.82. The SMILES string of the molecule is O=S(=O)(NCc1cc(F)ccc1F)c1cccc(O)c1. The summed E-state index contributed by atoms with van der Waals surface area (Å²) < 4.78 is 52.3. The number of benzene rings is 2. The summed E-state index contributed by atoms with van der Waals surface area (Å²) in [5, 5.41) is 9.24. The molecule has 20 heavy (non-hydrogen) atoms. The Bertz CT molecular complexity index is 732. The van der Waals surface area contributed by atoms with E-state index in [1.165, 1.54) is 18.2 Å². The summed E-state index contributed by atoms with van der Waals surface area (Å²) in [6.45, 7) is -0.387. The van der Waals surface area contributed by atoms with Gasteiger partial charge >= 0.3 is 0 Å². The van der Waals surface area contributed by atoms with Crippen LogP contribution in [0.2, 0.25) is 0 Å². The monoisotopic (exact) mass is 299 g/mol. The lowest BCUT2D eigenvalue weighted by atomic mass is 10.2. The maximum Gasteiger partial charge on any atom is 0.241 e. The Labute approximate surface area is 114 Å². The summed E-state index contributed by atoms with van der Waals surface area (Å²) in [4.78, 5) is -0.158. The van der Waals surface area contributed by atoms with E-state index < -0.39 is 21.7 Å². The predicted octanol–water partition coefficient (Wildman–Crippen LogP) is 2.15. The highest BCUT2D eigenvalue weighted by molar-refractivity contribution is 7.89. The lowest BCUT2D eigenvalue weighted by Crippen LogP contribution is -2.23. The molecule has 0 radical (unpaired) electrons. The van der Waals surface area contributed by atoms with Crippen molar-refractivity contribution in [3.05, 3.63) is 59.7 Å². The number of hydrogen-bond donors (Lipinski definition) is 2. The van der Waals surface area contributed by atoms with Crippen molar-refractivity contribution in [3.8, 4) is 5.75 Å². The first-order chi connectivity index (χ1) is 9.38. The minimum absolute atomic E-state index is 0.103. The minimum atomic E-state index is -3.91. The van der Waals surface area contributed by atoms with Crippen LogP contribution < -0.4 is 4.72 Å². The van der Waals surface area contributed by atoms with Crippen molar-refractivity contribution in [1.29, 1.82) is 0 Å². The molecule has 2 rings (SSSR count). The van der Waals surface area contributed by atoms with Crippen molar-refractivity contribution in [1.82, 2.24) is 4.72 Å². The maximum atomic E-state index is 13.4. The van der Waals surface area contributed by atoms with Crippen molar-refractivity contribution in [3.63, 3.8) is 0 Å². The van der Waals surface area contributed by atoms with E-state index in [-0.39, 0.29) is 22.8 Å². The molecule has 0 fully saturated rings. The first-order valence-corrected chi connectivity index (χ1v) is 7.09. The molecule has 0 saturated carbocycles. The summed E-state index contributed by atoms with van der Waals surface area (Å²) >= 11 is 0. The molecule has 2 aromatic rings. The highest BCUT2D eigenvalue weighted by atomic mass is 32.2. The van der Waals surface area contributed by atoms with Gasteiger partial charge in [-0.2, -0.15) is 0 Å². The quantitative estimate of drug-likeness (QED) is 0.909. The molecule has 0 saturated heterocycles. The van der Waals surface area contributed by atoms with Gasteiger partial charge in [0.25, 0.3) is 0 Å². The molecule has 2 N–H and O–H groups in total. The average molecular weight is 299 g/mol. The van der Waals surface area contributed by atoms with Crippen molar-refractivity contribution in [2.45, 2.75) is 11.4 Å². The van der Waals surface area contributed by atoms with E-state index in [0.717, 1.165) is 24.3 Å². The lowest BCUT2D eigenvalue weighted by Gasteiger charge is -2.08. The van der Waals surface area contributed by atoms with Crippen LogP contribution in [0, 0.1) is 11.6 Å². The number of phenolic OH excluding ortho intramolecular Hbond substituents is 1. The molecule has 0 amide bonds. The Morgan fingerprint density at radius 3 is 2.55 bits per heavy atom. The van der Waals surface area contributed by atoms with Crippen LogP contribution in [-0.2, 0) is 16.6 Å². The van der Waals surface area contributed by atoms with Gasteiger partial charge in [-0.05, 0) is 36.4 Å². The normalized spacial score (nSPS) is 11.5. The highest BCUT2D eigenvalue weighted by Crippen LogP contribution is 2.16. The zero-order valence-electron chi connectivity index (χ0n) is 10.2. The van der Waals surface area contributed by atoms with Crippen molar-refractivity contribution in [2.24, 2.45) is 0 Å². The molecule has 0 aliphatic carbocycles. The Hall–Kier alpha value is -1.99. The Morgan fingerprint density at radius 2 is 1.85 bits per heavy atom. The van der Waals surface area contributed by atoms with Gasteiger partial charge in [-0.1, -0.05) is 6.07 Å². The zero-order chi connectivity index (χ0) is 14.8. The largest absolute Gasteiger partial charge is 0.508 e. The van der Waals surface area contributed by atoms with E-state index in [4.69, 9.17) is 0 Å². The number of aromatic hydroxyl groups is 1. The fourth-order valence-electron chi connectivity index (χ4n) is 1.59. The Balaban J connectivity index is 2.19.